The van der Waals surface area contributed by atoms with Crippen molar-refractivity contribution in [2.75, 3.05) is 29.4 Å². The van der Waals surface area contributed by atoms with Crippen molar-refractivity contribution in [3.05, 3.63) is 18.2 Å². The van der Waals surface area contributed by atoms with Gasteiger partial charge in [-0.25, -0.2) is 4.98 Å². The van der Waals surface area contributed by atoms with Crippen molar-refractivity contribution in [2.24, 2.45) is 0 Å². The van der Waals surface area contributed by atoms with Gasteiger partial charge < -0.3 is 9.80 Å². The van der Waals surface area contributed by atoms with Crippen molar-refractivity contribution >= 4 is 28.3 Å². The maximum absolute atomic E-state index is 11.7. The lowest BCUT2D eigenvalue weighted by atomic mass is 10.1. The average Bonchev–Trinajstić information content (AvgIpc) is 3.10. The predicted molar refractivity (Wildman–Crippen MR) is 79.7 cm³/mol. The van der Waals surface area contributed by atoms with Gasteiger partial charge in [-0.3, -0.25) is 9.48 Å². The van der Waals surface area contributed by atoms with Crippen LogP contribution in [0.4, 0.5) is 10.8 Å². The third-order valence-corrected chi connectivity index (χ3v) is 4.87. The van der Waals surface area contributed by atoms with Crippen LogP contribution < -0.4 is 9.80 Å². The number of aromatic nitrogens is 4. The first kappa shape index (κ1) is 12.8. The molecule has 2 aliphatic heterocycles. The summed E-state index contributed by atoms with van der Waals surface area (Å²) in [5.74, 6) is 1.03. The lowest BCUT2D eigenvalue weighted by Crippen LogP contribution is -2.48. The van der Waals surface area contributed by atoms with Gasteiger partial charge in [0.25, 0.3) is 0 Å². The van der Waals surface area contributed by atoms with Crippen molar-refractivity contribution in [3.63, 3.8) is 0 Å². The van der Waals surface area contributed by atoms with E-state index in [2.05, 4.69) is 19.4 Å². The summed E-state index contributed by atoms with van der Waals surface area (Å²) in [6.45, 7) is 4.50. The van der Waals surface area contributed by atoms with Crippen LogP contribution >= 0.6 is 11.5 Å². The van der Waals surface area contributed by atoms with Crippen LogP contribution in [-0.2, 0) is 4.79 Å². The summed E-state index contributed by atoms with van der Waals surface area (Å²) in [6, 6.07) is 0.348. The Morgan fingerprint density at radius 2 is 2.24 bits per heavy atom. The van der Waals surface area contributed by atoms with Crippen LogP contribution in [0, 0.1) is 6.92 Å². The quantitative estimate of drug-likeness (QED) is 0.853. The minimum atomic E-state index is 0.203. The molecule has 2 aromatic rings. The van der Waals surface area contributed by atoms with Crippen LogP contribution in [0.3, 0.4) is 0 Å². The van der Waals surface area contributed by atoms with Gasteiger partial charge in [-0.2, -0.15) is 9.47 Å². The van der Waals surface area contributed by atoms with E-state index in [1.807, 2.05) is 22.7 Å². The summed E-state index contributed by atoms with van der Waals surface area (Å²) in [5.41, 5.74) is 0.919. The Morgan fingerprint density at radius 1 is 1.38 bits per heavy atom. The molecule has 0 atom stereocenters. The fourth-order valence-electron chi connectivity index (χ4n) is 2.78. The van der Waals surface area contributed by atoms with Gasteiger partial charge in [-0.05, 0) is 13.3 Å². The molecule has 0 N–H and O–H groups in total. The lowest BCUT2D eigenvalue weighted by molar-refractivity contribution is -0.117. The van der Waals surface area contributed by atoms with E-state index in [-0.39, 0.29) is 5.91 Å². The number of carbonyl (C=O) groups is 1. The number of rotatable bonds is 3. The summed E-state index contributed by atoms with van der Waals surface area (Å²) in [7, 11) is 0. The standard InChI is InChI=1S/C13H16N6OS/c1-9-15-13(21-16-9)17-6-11(7-17)19-8-10(5-14-19)18-4-2-3-12(18)20/h5,8,11H,2-4,6-7H2,1H3. The first-order valence-electron chi connectivity index (χ1n) is 7.10. The molecule has 0 aromatic carbocycles. The van der Waals surface area contributed by atoms with Crippen molar-refractivity contribution in [1.82, 2.24) is 19.1 Å². The zero-order valence-corrected chi connectivity index (χ0v) is 12.6. The van der Waals surface area contributed by atoms with E-state index < -0.39 is 0 Å². The summed E-state index contributed by atoms with van der Waals surface area (Å²) in [6.07, 6.45) is 5.37. The molecule has 7 nitrogen and oxygen atoms in total. The Hall–Kier alpha value is -1.96. The summed E-state index contributed by atoms with van der Waals surface area (Å²) in [4.78, 5) is 20.2. The van der Waals surface area contributed by atoms with Crippen LogP contribution in [0.2, 0.25) is 0 Å². The topological polar surface area (TPSA) is 67.2 Å². The van der Waals surface area contributed by atoms with Gasteiger partial charge in [0.15, 0.2) is 0 Å². The van der Waals surface area contributed by atoms with Crippen molar-refractivity contribution < 1.29 is 4.79 Å². The molecule has 110 valence electrons. The van der Waals surface area contributed by atoms with Crippen molar-refractivity contribution in [1.29, 1.82) is 0 Å². The number of hydrogen-bond donors (Lipinski definition) is 0. The second kappa shape index (κ2) is 4.80. The molecule has 4 heterocycles. The first-order chi connectivity index (χ1) is 10.2. The lowest BCUT2D eigenvalue weighted by Gasteiger charge is -2.38. The number of nitrogens with zero attached hydrogens (tertiary/aromatic N) is 6. The van der Waals surface area contributed by atoms with Gasteiger partial charge in [0, 0.05) is 43.8 Å². The Balaban J connectivity index is 1.42. The summed E-state index contributed by atoms with van der Waals surface area (Å²) >= 11 is 1.44. The molecule has 0 aliphatic carbocycles. The molecule has 21 heavy (non-hydrogen) atoms. The summed E-state index contributed by atoms with van der Waals surface area (Å²) < 4.78 is 6.17. The van der Waals surface area contributed by atoms with E-state index in [4.69, 9.17) is 0 Å². The molecular weight excluding hydrogens is 288 g/mol. The maximum Gasteiger partial charge on any atom is 0.227 e. The van der Waals surface area contributed by atoms with Crippen LogP contribution in [0.25, 0.3) is 0 Å². The van der Waals surface area contributed by atoms with E-state index in [9.17, 15) is 4.79 Å². The molecule has 0 radical (unpaired) electrons. The van der Waals surface area contributed by atoms with E-state index >= 15 is 0 Å². The SMILES string of the molecule is Cc1nsc(N2CC(n3cc(N4CCCC4=O)cn3)C2)n1. The Kier molecular flexibility index (Phi) is 2.91. The summed E-state index contributed by atoms with van der Waals surface area (Å²) in [5, 5.41) is 5.39. The van der Waals surface area contributed by atoms with E-state index in [1.165, 1.54) is 11.5 Å². The molecular formula is C13H16N6OS. The number of anilines is 2. The van der Waals surface area contributed by atoms with Crippen LogP contribution in [0.1, 0.15) is 24.7 Å². The highest BCUT2D eigenvalue weighted by Gasteiger charge is 2.32. The monoisotopic (exact) mass is 304 g/mol. The molecule has 8 heteroatoms. The molecule has 2 saturated heterocycles. The van der Waals surface area contributed by atoms with Crippen LogP contribution in [-0.4, -0.2) is 44.7 Å². The van der Waals surface area contributed by atoms with Gasteiger partial charge in [0.2, 0.25) is 11.0 Å². The predicted octanol–water partition coefficient (Wildman–Crippen LogP) is 1.23. The molecule has 0 saturated carbocycles. The highest BCUT2D eigenvalue weighted by atomic mass is 32.1. The number of carbonyl (C=O) groups excluding carboxylic acids is 1. The second-order valence-corrected chi connectivity index (χ2v) is 6.24. The first-order valence-corrected chi connectivity index (χ1v) is 7.88. The third kappa shape index (κ3) is 2.19. The van der Waals surface area contributed by atoms with Gasteiger partial charge in [-0.15, -0.1) is 0 Å². The number of hydrogen-bond acceptors (Lipinski definition) is 6. The molecule has 0 unspecified atom stereocenters. The smallest absolute Gasteiger partial charge is 0.227 e. The molecule has 1 amide bonds. The van der Waals surface area contributed by atoms with Gasteiger partial charge in [0.1, 0.15) is 5.82 Å². The Bertz CT molecular complexity index is 674. The molecule has 0 spiro atoms. The molecule has 4 rings (SSSR count). The zero-order chi connectivity index (χ0) is 14.4. The third-order valence-electron chi connectivity index (χ3n) is 4.00. The highest BCUT2D eigenvalue weighted by Crippen LogP contribution is 2.30. The zero-order valence-electron chi connectivity index (χ0n) is 11.8. The van der Waals surface area contributed by atoms with Crippen LogP contribution in [0.5, 0.6) is 0 Å². The van der Waals surface area contributed by atoms with Gasteiger partial charge >= 0.3 is 0 Å². The van der Waals surface area contributed by atoms with Gasteiger partial charge in [0.05, 0.1) is 17.9 Å². The molecule has 2 aliphatic rings. The maximum atomic E-state index is 11.7. The average molecular weight is 304 g/mol. The largest absolute Gasteiger partial charge is 0.342 e. The minimum absolute atomic E-state index is 0.203. The Morgan fingerprint density at radius 3 is 2.90 bits per heavy atom. The second-order valence-electron chi connectivity index (χ2n) is 5.51. The molecule has 0 bridgehead atoms. The van der Waals surface area contributed by atoms with Gasteiger partial charge in [-0.1, -0.05) is 0 Å². The van der Waals surface area contributed by atoms with E-state index in [0.717, 1.165) is 42.7 Å². The number of aryl methyl sites for hydroxylation is 1. The minimum Gasteiger partial charge on any atom is -0.342 e. The molecule has 2 fully saturated rings. The van der Waals surface area contributed by atoms with E-state index in [0.29, 0.717) is 12.5 Å². The highest BCUT2D eigenvalue weighted by molar-refractivity contribution is 7.09. The fraction of sp³-hybridized carbons (Fsp3) is 0.538. The van der Waals surface area contributed by atoms with Crippen molar-refractivity contribution in [3.8, 4) is 0 Å². The Labute approximate surface area is 126 Å². The molecule has 2 aromatic heterocycles. The van der Waals surface area contributed by atoms with Crippen LogP contribution in [0.15, 0.2) is 12.4 Å². The number of amides is 1. The fourth-order valence-corrected chi connectivity index (χ4v) is 3.47. The normalized spacial score (nSPS) is 19.4. The van der Waals surface area contributed by atoms with E-state index in [1.54, 1.807) is 6.20 Å². The van der Waals surface area contributed by atoms with Crippen molar-refractivity contribution in [2.45, 2.75) is 25.8 Å².